The number of aliphatic hydroxyl groups is 2. The molecular formula is C20H24O10. The van der Waals surface area contributed by atoms with Gasteiger partial charge in [-0.1, -0.05) is 19.1 Å². The number of carboxylic acid groups (broad SMARTS) is 1. The Bertz CT molecular complexity index is 799. The summed E-state index contributed by atoms with van der Waals surface area (Å²) in [5.74, 6) is -3.69. The molecular weight excluding hydrogens is 400 g/mol. The van der Waals surface area contributed by atoms with Crippen molar-refractivity contribution in [3.63, 3.8) is 0 Å². The van der Waals surface area contributed by atoms with Crippen LogP contribution < -0.4 is 0 Å². The number of benzene rings is 1. The van der Waals surface area contributed by atoms with Gasteiger partial charge in [0.15, 0.2) is 6.29 Å². The predicted octanol–water partition coefficient (Wildman–Crippen LogP) is 0.911. The van der Waals surface area contributed by atoms with E-state index in [0.717, 1.165) is 12.2 Å². The second-order valence-corrected chi connectivity index (χ2v) is 6.42. The highest BCUT2D eigenvalue weighted by Crippen LogP contribution is 2.23. The highest BCUT2D eigenvalue weighted by atomic mass is 16.6. The number of esters is 3. The van der Waals surface area contributed by atoms with Crippen molar-refractivity contribution in [2.24, 2.45) is 5.41 Å². The molecule has 0 radical (unpaired) electrons. The van der Waals surface area contributed by atoms with E-state index in [-0.39, 0.29) is 37.4 Å². The van der Waals surface area contributed by atoms with Crippen LogP contribution in [0.15, 0.2) is 36.4 Å². The largest absolute Gasteiger partial charge is 0.478 e. The van der Waals surface area contributed by atoms with Crippen molar-refractivity contribution in [3.8, 4) is 0 Å². The molecule has 0 saturated heterocycles. The minimum absolute atomic E-state index is 0.123. The van der Waals surface area contributed by atoms with E-state index < -0.39 is 35.6 Å². The van der Waals surface area contributed by atoms with Crippen LogP contribution in [-0.2, 0) is 23.8 Å². The number of carbonyl (C=O) groups excluding carboxylic acids is 3. The first-order valence-electron chi connectivity index (χ1n) is 8.98. The van der Waals surface area contributed by atoms with Gasteiger partial charge < -0.3 is 29.5 Å². The molecule has 30 heavy (non-hydrogen) atoms. The van der Waals surface area contributed by atoms with Crippen LogP contribution in [-0.4, -0.2) is 65.3 Å². The Labute approximate surface area is 172 Å². The van der Waals surface area contributed by atoms with E-state index in [4.69, 9.17) is 29.5 Å². The van der Waals surface area contributed by atoms with Gasteiger partial charge in [0.25, 0.3) is 0 Å². The molecule has 0 saturated carbocycles. The number of carbonyl (C=O) groups is 4. The first-order valence-corrected chi connectivity index (χ1v) is 8.98. The van der Waals surface area contributed by atoms with Gasteiger partial charge >= 0.3 is 23.9 Å². The minimum atomic E-state index is -1.80. The molecule has 10 nitrogen and oxygen atoms in total. The summed E-state index contributed by atoms with van der Waals surface area (Å²) in [5, 5.41) is 26.4. The van der Waals surface area contributed by atoms with E-state index in [1.165, 1.54) is 31.2 Å². The van der Waals surface area contributed by atoms with Gasteiger partial charge in [-0.25, -0.2) is 14.4 Å². The summed E-state index contributed by atoms with van der Waals surface area (Å²) in [6.07, 6.45) is 0.101. The first kappa shape index (κ1) is 24.8. The van der Waals surface area contributed by atoms with E-state index in [2.05, 4.69) is 0 Å². The Hall–Kier alpha value is -3.24. The van der Waals surface area contributed by atoms with Crippen LogP contribution in [0.3, 0.4) is 0 Å². The Balaban J connectivity index is 2.53. The lowest BCUT2D eigenvalue weighted by Crippen LogP contribution is -2.35. The van der Waals surface area contributed by atoms with Crippen molar-refractivity contribution in [2.45, 2.75) is 26.6 Å². The zero-order valence-electron chi connectivity index (χ0n) is 16.6. The maximum absolute atomic E-state index is 12.3. The molecule has 0 bridgehead atoms. The molecule has 0 aliphatic carbocycles. The summed E-state index contributed by atoms with van der Waals surface area (Å²) in [6.45, 7) is 2.32. The van der Waals surface area contributed by atoms with E-state index >= 15 is 0 Å². The maximum Gasteiger partial charge on any atom is 0.339 e. The lowest BCUT2D eigenvalue weighted by atomic mass is 9.89. The zero-order valence-corrected chi connectivity index (χ0v) is 16.6. The summed E-state index contributed by atoms with van der Waals surface area (Å²) >= 11 is 0. The average molecular weight is 424 g/mol. The standard InChI is InChI=1S/C20H24O10/c1-3-20(2,12-30-16(23)9-8-15(21)22)19(27)29-11-10-28-18(26)14-7-5-4-6-13(14)17(24)25/h4-9,15,21-22H,3,10-12H2,1-2H3,(H,24,25). The third kappa shape index (κ3) is 7.64. The smallest absolute Gasteiger partial charge is 0.339 e. The molecule has 1 aromatic carbocycles. The van der Waals surface area contributed by atoms with Crippen molar-refractivity contribution in [2.75, 3.05) is 19.8 Å². The van der Waals surface area contributed by atoms with Gasteiger partial charge in [-0.05, 0) is 31.6 Å². The van der Waals surface area contributed by atoms with Crippen molar-refractivity contribution in [1.29, 1.82) is 0 Å². The summed E-state index contributed by atoms with van der Waals surface area (Å²) < 4.78 is 14.9. The third-order valence-corrected chi connectivity index (χ3v) is 4.14. The monoisotopic (exact) mass is 424 g/mol. The number of ether oxygens (including phenoxy) is 3. The topological polar surface area (TPSA) is 157 Å². The molecule has 0 heterocycles. The highest BCUT2D eigenvalue weighted by molar-refractivity contribution is 6.02. The summed E-state index contributed by atoms with van der Waals surface area (Å²) in [7, 11) is 0. The number of hydrogen-bond acceptors (Lipinski definition) is 9. The van der Waals surface area contributed by atoms with Crippen LogP contribution in [0, 0.1) is 5.41 Å². The second kappa shape index (κ2) is 11.7. The predicted molar refractivity (Wildman–Crippen MR) is 101 cm³/mol. The molecule has 0 fully saturated rings. The number of rotatable bonds is 11. The molecule has 164 valence electrons. The van der Waals surface area contributed by atoms with Crippen molar-refractivity contribution >= 4 is 23.9 Å². The van der Waals surface area contributed by atoms with Gasteiger partial charge in [0.2, 0.25) is 0 Å². The van der Waals surface area contributed by atoms with Crippen LogP contribution in [0.25, 0.3) is 0 Å². The van der Waals surface area contributed by atoms with Gasteiger partial charge in [0.05, 0.1) is 16.5 Å². The minimum Gasteiger partial charge on any atom is -0.478 e. The average Bonchev–Trinajstić information content (AvgIpc) is 2.72. The Morgan fingerprint density at radius 2 is 1.63 bits per heavy atom. The molecule has 0 aliphatic heterocycles. The molecule has 1 atom stereocenters. The Morgan fingerprint density at radius 3 is 2.20 bits per heavy atom. The SMILES string of the molecule is CCC(C)(COC(=O)C=CC(O)O)C(=O)OCCOC(=O)c1ccccc1C(=O)O. The molecule has 3 N–H and O–H groups in total. The van der Waals surface area contributed by atoms with E-state index in [1.54, 1.807) is 6.92 Å². The molecule has 10 heteroatoms. The van der Waals surface area contributed by atoms with Crippen molar-refractivity contribution in [1.82, 2.24) is 0 Å². The van der Waals surface area contributed by atoms with Gasteiger partial charge in [-0.3, -0.25) is 4.79 Å². The molecule has 0 aliphatic rings. The fourth-order valence-corrected chi connectivity index (χ4v) is 2.12. The number of aromatic carboxylic acids is 1. The van der Waals surface area contributed by atoms with Crippen LogP contribution in [0.5, 0.6) is 0 Å². The van der Waals surface area contributed by atoms with Crippen LogP contribution in [0.2, 0.25) is 0 Å². The maximum atomic E-state index is 12.3. The fourth-order valence-electron chi connectivity index (χ4n) is 2.12. The van der Waals surface area contributed by atoms with E-state index in [1.807, 2.05) is 0 Å². The number of carboxylic acids is 1. The molecule has 0 amide bonds. The van der Waals surface area contributed by atoms with Gasteiger partial charge in [0, 0.05) is 6.08 Å². The number of aliphatic hydroxyl groups excluding tert-OH is 1. The lowest BCUT2D eigenvalue weighted by Gasteiger charge is -2.25. The molecule has 1 aromatic rings. The Kier molecular flexibility index (Phi) is 9.66. The van der Waals surface area contributed by atoms with Crippen LogP contribution in [0.4, 0.5) is 0 Å². The lowest BCUT2D eigenvalue weighted by molar-refractivity contribution is -0.162. The Morgan fingerprint density at radius 1 is 1.03 bits per heavy atom. The second-order valence-electron chi connectivity index (χ2n) is 6.42. The third-order valence-electron chi connectivity index (χ3n) is 4.14. The molecule has 0 aromatic heterocycles. The normalized spacial score (nSPS) is 13.0. The van der Waals surface area contributed by atoms with Crippen molar-refractivity contribution in [3.05, 3.63) is 47.5 Å². The summed E-state index contributed by atoms with van der Waals surface area (Å²) in [4.78, 5) is 47.0. The summed E-state index contributed by atoms with van der Waals surface area (Å²) in [5.41, 5.74) is -1.49. The first-order chi connectivity index (χ1) is 14.1. The van der Waals surface area contributed by atoms with Crippen LogP contribution in [0.1, 0.15) is 41.0 Å². The fraction of sp³-hybridized carbons (Fsp3) is 0.400. The molecule has 0 spiro atoms. The number of hydrogen-bond donors (Lipinski definition) is 3. The molecule has 1 unspecified atom stereocenters. The van der Waals surface area contributed by atoms with Gasteiger partial charge in [0.1, 0.15) is 19.8 Å². The van der Waals surface area contributed by atoms with Crippen LogP contribution >= 0.6 is 0 Å². The molecule has 1 rings (SSSR count). The highest BCUT2D eigenvalue weighted by Gasteiger charge is 2.34. The van der Waals surface area contributed by atoms with E-state index in [0.29, 0.717) is 0 Å². The quantitative estimate of drug-likeness (QED) is 0.153. The van der Waals surface area contributed by atoms with Gasteiger partial charge in [-0.2, -0.15) is 0 Å². The zero-order chi connectivity index (χ0) is 22.7. The summed E-state index contributed by atoms with van der Waals surface area (Å²) in [6, 6.07) is 5.55. The van der Waals surface area contributed by atoms with Crippen molar-refractivity contribution < 1.29 is 48.7 Å². The van der Waals surface area contributed by atoms with Gasteiger partial charge in [-0.15, -0.1) is 0 Å². The van der Waals surface area contributed by atoms with E-state index in [9.17, 15) is 19.2 Å².